The standard InChI is InChI=1S/C12H21N3O4/c1-4-19-12(18)13-9(7(2)3)11(17)15-14-10(16)8-5-6-8/h7-9H,4-6H2,1-3H3,(H,13,18)(H,14,16)(H,15,17). The Morgan fingerprint density at radius 2 is 1.84 bits per heavy atom. The molecule has 1 fully saturated rings. The van der Waals surface area contributed by atoms with Crippen LogP contribution in [0.4, 0.5) is 4.79 Å². The van der Waals surface area contributed by atoms with E-state index in [1.165, 1.54) is 0 Å². The Kier molecular flexibility index (Phi) is 5.59. The molecular weight excluding hydrogens is 250 g/mol. The highest BCUT2D eigenvalue weighted by molar-refractivity contribution is 5.89. The molecule has 3 amide bonds. The smallest absolute Gasteiger partial charge is 0.407 e. The van der Waals surface area contributed by atoms with Crippen LogP contribution in [0.5, 0.6) is 0 Å². The Labute approximate surface area is 112 Å². The lowest BCUT2D eigenvalue weighted by Crippen LogP contribution is -2.54. The molecule has 1 saturated carbocycles. The molecule has 0 aromatic rings. The van der Waals surface area contributed by atoms with Gasteiger partial charge >= 0.3 is 6.09 Å². The summed E-state index contributed by atoms with van der Waals surface area (Å²) in [6.07, 6.45) is 1.07. The number of hydrogen-bond acceptors (Lipinski definition) is 4. The molecule has 0 aliphatic heterocycles. The summed E-state index contributed by atoms with van der Waals surface area (Å²) in [5.41, 5.74) is 4.68. The lowest BCUT2D eigenvalue weighted by molar-refractivity contribution is -0.131. The molecule has 1 aliphatic carbocycles. The van der Waals surface area contributed by atoms with Crippen molar-refractivity contribution >= 4 is 17.9 Å². The number of carbonyl (C=O) groups is 3. The third-order valence-electron chi connectivity index (χ3n) is 2.75. The van der Waals surface area contributed by atoms with Crippen molar-refractivity contribution in [1.29, 1.82) is 0 Å². The molecule has 0 aromatic carbocycles. The first-order chi connectivity index (χ1) is 8.95. The van der Waals surface area contributed by atoms with Crippen molar-refractivity contribution in [3.05, 3.63) is 0 Å². The van der Waals surface area contributed by atoms with E-state index in [0.29, 0.717) is 0 Å². The SMILES string of the molecule is CCOC(=O)NC(C(=O)NNC(=O)C1CC1)C(C)C. The number of amides is 3. The van der Waals surface area contributed by atoms with Crippen LogP contribution in [0.15, 0.2) is 0 Å². The molecule has 7 nitrogen and oxygen atoms in total. The van der Waals surface area contributed by atoms with Crippen LogP contribution in [0.25, 0.3) is 0 Å². The van der Waals surface area contributed by atoms with Gasteiger partial charge in [0.2, 0.25) is 5.91 Å². The van der Waals surface area contributed by atoms with Crippen LogP contribution in [-0.2, 0) is 14.3 Å². The molecule has 0 spiro atoms. The summed E-state index contributed by atoms with van der Waals surface area (Å²) >= 11 is 0. The number of hydrogen-bond donors (Lipinski definition) is 3. The molecule has 1 atom stereocenters. The minimum absolute atomic E-state index is 0.0100. The van der Waals surface area contributed by atoms with Gasteiger partial charge in [0.15, 0.2) is 0 Å². The van der Waals surface area contributed by atoms with Gasteiger partial charge in [0.25, 0.3) is 5.91 Å². The van der Waals surface area contributed by atoms with Gasteiger partial charge < -0.3 is 10.1 Å². The summed E-state index contributed by atoms with van der Waals surface area (Å²) in [6, 6.07) is -0.751. The second-order valence-electron chi connectivity index (χ2n) is 4.84. The van der Waals surface area contributed by atoms with Crippen LogP contribution >= 0.6 is 0 Å². The summed E-state index contributed by atoms with van der Waals surface area (Å²) in [7, 11) is 0. The van der Waals surface area contributed by atoms with E-state index in [0.717, 1.165) is 12.8 Å². The fourth-order valence-corrected chi connectivity index (χ4v) is 1.48. The van der Waals surface area contributed by atoms with Crippen LogP contribution in [0, 0.1) is 11.8 Å². The highest BCUT2D eigenvalue weighted by Gasteiger charge is 2.31. The third kappa shape index (κ3) is 5.15. The van der Waals surface area contributed by atoms with Gasteiger partial charge in [-0.05, 0) is 25.7 Å². The number of hydrazine groups is 1. The molecule has 19 heavy (non-hydrogen) atoms. The Bertz CT molecular complexity index is 353. The Morgan fingerprint density at radius 3 is 2.32 bits per heavy atom. The zero-order valence-corrected chi connectivity index (χ0v) is 11.5. The van der Waals surface area contributed by atoms with Gasteiger partial charge in [0.1, 0.15) is 6.04 Å². The van der Waals surface area contributed by atoms with Crippen molar-refractivity contribution in [3.8, 4) is 0 Å². The van der Waals surface area contributed by atoms with E-state index in [1.807, 2.05) is 0 Å². The van der Waals surface area contributed by atoms with Gasteiger partial charge in [-0.15, -0.1) is 0 Å². The van der Waals surface area contributed by atoms with Crippen LogP contribution in [0.3, 0.4) is 0 Å². The summed E-state index contributed by atoms with van der Waals surface area (Å²) in [4.78, 5) is 34.6. The van der Waals surface area contributed by atoms with Crippen molar-refractivity contribution in [2.75, 3.05) is 6.61 Å². The quantitative estimate of drug-likeness (QED) is 0.627. The summed E-state index contributed by atoms with van der Waals surface area (Å²) < 4.78 is 4.73. The molecule has 0 bridgehead atoms. The normalized spacial score (nSPS) is 15.6. The van der Waals surface area contributed by atoms with Gasteiger partial charge in [-0.3, -0.25) is 20.4 Å². The fourth-order valence-electron chi connectivity index (χ4n) is 1.48. The lowest BCUT2D eigenvalue weighted by Gasteiger charge is -2.21. The zero-order chi connectivity index (χ0) is 14.4. The van der Waals surface area contributed by atoms with Crippen LogP contribution < -0.4 is 16.2 Å². The van der Waals surface area contributed by atoms with Gasteiger partial charge in [-0.25, -0.2) is 4.79 Å². The highest BCUT2D eigenvalue weighted by Crippen LogP contribution is 2.28. The first-order valence-electron chi connectivity index (χ1n) is 6.48. The summed E-state index contributed by atoms with van der Waals surface area (Å²) in [5, 5.41) is 2.46. The number of alkyl carbamates (subject to hydrolysis) is 1. The Balaban J connectivity index is 2.42. The van der Waals surface area contributed by atoms with E-state index in [2.05, 4.69) is 16.2 Å². The second kappa shape index (κ2) is 6.96. The predicted octanol–water partition coefficient (Wildman–Crippen LogP) is 0.315. The van der Waals surface area contributed by atoms with Gasteiger partial charge in [0.05, 0.1) is 6.61 Å². The minimum atomic E-state index is -0.751. The first kappa shape index (κ1) is 15.3. The molecule has 3 N–H and O–H groups in total. The first-order valence-corrected chi connectivity index (χ1v) is 6.48. The highest BCUT2D eigenvalue weighted by atomic mass is 16.5. The molecule has 0 saturated heterocycles. The molecule has 0 heterocycles. The molecule has 1 aliphatic rings. The number of carbonyl (C=O) groups excluding carboxylic acids is 3. The van der Waals surface area contributed by atoms with Crippen molar-refractivity contribution in [2.24, 2.45) is 11.8 Å². The molecule has 1 rings (SSSR count). The van der Waals surface area contributed by atoms with Gasteiger partial charge in [0, 0.05) is 5.92 Å². The van der Waals surface area contributed by atoms with E-state index >= 15 is 0 Å². The minimum Gasteiger partial charge on any atom is -0.450 e. The van der Waals surface area contributed by atoms with Crippen molar-refractivity contribution < 1.29 is 19.1 Å². The average Bonchev–Trinajstić information content (AvgIpc) is 3.16. The van der Waals surface area contributed by atoms with E-state index in [-0.39, 0.29) is 24.3 Å². The van der Waals surface area contributed by atoms with Crippen molar-refractivity contribution in [2.45, 2.75) is 39.7 Å². The number of ether oxygens (including phenoxy) is 1. The number of nitrogens with one attached hydrogen (secondary N) is 3. The van der Waals surface area contributed by atoms with E-state index in [1.54, 1.807) is 20.8 Å². The maximum atomic E-state index is 11.9. The summed E-state index contributed by atoms with van der Waals surface area (Å²) in [6.45, 7) is 5.49. The van der Waals surface area contributed by atoms with E-state index in [9.17, 15) is 14.4 Å². The molecule has 0 aromatic heterocycles. The average molecular weight is 271 g/mol. The topological polar surface area (TPSA) is 96.5 Å². The van der Waals surface area contributed by atoms with Crippen molar-refractivity contribution in [1.82, 2.24) is 16.2 Å². The van der Waals surface area contributed by atoms with Gasteiger partial charge in [-0.2, -0.15) is 0 Å². The molecular formula is C12H21N3O4. The van der Waals surface area contributed by atoms with Crippen LogP contribution in [-0.4, -0.2) is 30.6 Å². The van der Waals surface area contributed by atoms with Crippen LogP contribution in [0.1, 0.15) is 33.6 Å². The molecule has 7 heteroatoms. The summed E-state index contributed by atoms with van der Waals surface area (Å²) in [5.74, 6) is -0.762. The lowest BCUT2D eigenvalue weighted by atomic mass is 10.0. The molecule has 1 unspecified atom stereocenters. The maximum absolute atomic E-state index is 11.9. The predicted molar refractivity (Wildman–Crippen MR) is 67.8 cm³/mol. The molecule has 0 radical (unpaired) electrons. The van der Waals surface area contributed by atoms with Crippen molar-refractivity contribution in [3.63, 3.8) is 0 Å². The zero-order valence-electron chi connectivity index (χ0n) is 11.5. The van der Waals surface area contributed by atoms with Crippen LogP contribution in [0.2, 0.25) is 0 Å². The van der Waals surface area contributed by atoms with Gasteiger partial charge in [-0.1, -0.05) is 13.8 Å². The monoisotopic (exact) mass is 271 g/mol. The number of rotatable bonds is 5. The largest absolute Gasteiger partial charge is 0.450 e. The molecule has 108 valence electrons. The Morgan fingerprint density at radius 1 is 1.21 bits per heavy atom. The second-order valence-corrected chi connectivity index (χ2v) is 4.84. The Hall–Kier alpha value is -1.79. The van der Waals surface area contributed by atoms with E-state index < -0.39 is 18.0 Å². The third-order valence-corrected chi connectivity index (χ3v) is 2.75. The fraction of sp³-hybridized carbons (Fsp3) is 0.750. The van der Waals surface area contributed by atoms with E-state index in [4.69, 9.17) is 4.74 Å². The maximum Gasteiger partial charge on any atom is 0.407 e.